The van der Waals surface area contributed by atoms with Gasteiger partial charge in [0.1, 0.15) is 5.82 Å². The molecule has 1 atom stereocenters. The molecule has 0 saturated carbocycles. The maximum absolute atomic E-state index is 13.6. The maximum Gasteiger partial charge on any atom is 0.210 e. The molecule has 0 fully saturated rings. The van der Waals surface area contributed by atoms with Gasteiger partial charge in [-0.3, -0.25) is 0 Å². The number of nitrogens with one attached hydrogen (secondary N) is 1. The summed E-state index contributed by atoms with van der Waals surface area (Å²) in [6.45, 7) is 0.529. The predicted octanol–water partition coefficient (Wildman–Crippen LogP) is 2.48. The first-order valence-electron chi connectivity index (χ1n) is 6.14. The minimum atomic E-state index is -1.01. The number of halogens is 2. The summed E-state index contributed by atoms with van der Waals surface area (Å²) in [7, 11) is 0. The maximum atomic E-state index is 13.6. The Labute approximate surface area is 127 Å². The molecule has 6 heteroatoms. The van der Waals surface area contributed by atoms with Gasteiger partial charge in [-0.05, 0) is 42.4 Å². The highest BCUT2D eigenvalue weighted by molar-refractivity contribution is 7.80. The van der Waals surface area contributed by atoms with Crippen molar-refractivity contribution in [3.63, 3.8) is 0 Å². The van der Waals surface area contributed by atoms with Gasteiger partial charge in [0.25, 0.3) is 0 Å². The van der Waals surface area contributed by atoms with E-state index in [9.17, 15) is 4.39 Å². The summed E-state index contributed by atoms with van der Waals surface area (Å²) in [6.07, 6.45) is 7.74. The monoisotopic (exact) mass is 311 g/mol. The molecule has 0 spiro atoms. The summed E-state index contributed by atoms with van der Waals surface area (Å²) in [4.78, 5) is 1.82. The molecule has 1 aromatic rings. The molecule has 0 amide bonds. The molecule has 1 aliphatic heterocycles. The molecule has 1 aromatic carbocycles. The third-order valence-electron chi connectivity index (χ3n) is 2.99. The topological polar surface area (TPSA) is 41.3 Å². The molecule has 20 heavy (non-hydrogen) atoms. The number of rotatable bonds is 4. The number of hydrogen-bond donors (Lipinski definition) is 2. The van der Waals surface area contributed by atoms with Crippen LogP contribution in [0.4, 0.5) is 4.39 Å². The molecular formula is C14H15ClFN3S. The molecule has 106 valence electrons. The highest BCUT2D eigenvalue weighted by Gasteiger charge is 2.31. The first-order valence-corrected chi connectivity index (χ1v) is 6.92. The van der Waals surface area contributed by atoms with Gasteiger partial charge in [-0.25, -0.2) is 4.39 Å². The van der Waals surface area contributed by atoms with Crippen LogP contribution in [0.3, 0.4) is 0 Å². The highest BCUT2D eigenvalue weighted by atomic mass is 35.5. The summed E-state index contributed by atoms with van der Waals surface area (Å²) < 4.78 is 13.6. The summed E-state index contributed by atoms with van der Waals surface area (Å²) in [5.41, 5.74) is 6.14. The lowest BCUT2D eigenvalue weighted by molar-refractivity contribution is 0.263. The third kappa shape index (κ3) is 3.49. The van der Waals surface area contributed by atoms with Crippen molar-refractivity contribution < 1.29 is 4.39 Å². The van der Waals surface area contributed by atoms with E-state index in [1.54, 1.807) is 24.3 Å². The number of nitrogens with zero attached hydrogens (tertiary/aromatic N) is 1. The first-order chi connectivity index (χ1) is 9.51. The van der Waals surface area contributed by atoms with Crippen molar-refractivity contribution in [1.82, 2.24) is 10.2 Å². The molecule has 1 unspecified atom stereocenters. The van der Waals surface area contributed by atoms with Crippen LogP contribution in [-0.4, -0.2) is 21.7 Å². The number of benzene rings is 1. The van der Waals surface area contributed by atoms with Crippen LogP contribution in [0.2, 0.25) is 0 Å². The van der Waals surface area contributed by atoms with Gasteiger partial charge in [0.05, 0.1) is 0 Å². The summed E-state index contributed by atoms with van der Waals surface area (Å²) in [5.74, 6) is -0.216. The van der Waals surface area contributed by atoms with Crippen LogP contribution in [0.15, 0.2) is 48.7 Å². The molecule has 2 rings (SSSR count). The minimum absolute atomic E-state index is 0.107. The van der Waals surface area contributed by atoms with Crippen molar-refractivity contribution in [3.05, 3.63) is 60.1 Å². The lowest BCUT2D eigenvalue weighted by Gasteiger charge is -2.38. The van der Waals surface area contributed by atoms with Crippen molar-refractivity contribution in [2.75, 3.05) is 6.54 Å². The zero-order chi connectivity index (χ0) is 14.6. The molecule has 0 bridgehead atoms. The number of thiocarbonyl (C=S) groups is 1. The molecular weight excluding hydrogens is 297 g/mol. The molecule has 1 aliphatic rings. The van der Waals surface area contributed by atoms with Crippen LogP contribution in [0.5, 0.6) is 0 Å². The molecule has 0 saturated heterocycles. The number of alkyl halides is 1. The van der Waals surface area contributed by atoms with Crippen molar-refractivity contribution in [1.29, 1.82) is 0 Å². The Morgan fingerprint density at radius 3 is 2.85 bits per heavy atom. The Balaban J connectivity index is 2.07. The number of allylic oxidation sites excluding steroid dienone is 2. The average molecular weight is 312 g/mol. The summed E-state index contributed by atoms with van der Waals surface area (Å²) >= 11 is 11.3. The fraction of sp³-hybridized carbons (Fsp3) is 0.214. The number of nitrogens with two attached hydrogens (primary N) is 1. The predicted molar refractivity (Wildman–Crippen MR) is 83.6 cm³/mol. The number of hydrogen-bond acceptors (Lipinski definition) is 2. The van der Waals surface area contributed by atoms with E-state index in [-0.39, 0.29) is 10.9 Å². The Morgan fingerprint density at radius 2 is 2.15 bits per heavy atom. The van der Waals surface area contributed by atoms with Gasteiger partial charge in [-0.2, -0.15) is 0 Å². The molecule has 0 radical (unpaired) electrons. The van der Waals surface area contributed by atoms with Crippen LogP contribution in [0, 0.1) is 5.82 Å². The fourth-order valence-electron chi connectivity index (χ4n) is 2.01. The lowest BCUT2D eigenvalue weighted by atomic mass is 10.1. The minimum Gasteiger partial charge on any atom is -0.376 e. The van der Waals surface area contributed by atoms with E-state index < -0.39 is 5.12 Å². The van der Waals surface area contributed by atoms with Gasteiger partial charge in [0, 0.05) is 12.7 Å². The van der Waals surface area contributed by atoms with Gasteiger partial charge in [0.2, 0.25) is 5.12 Å². The van der Waals surface area contributed by atoms with Gasteiger partial charge >= 0.3 is 0 Å². The van der Waals surface area contributed by atoms with E-state index in [2.05, 4.69) is 5.32 Å². The Hall–Kier alpha value is -1.59. The van der Waals surface area contributed by atoms with Crippen LogP contribution in [-0.2, 0) is 6.42 Å². The van der Waals surface area contributed by atoms with Crippen molar-refractivity contribution in [2.45, 2.75) is 11.5 Å². The zero-order valence-electron chi connectivity index (χ0n) is 10.7. The van der Waals surface area contributed by atoms with E-state index >= 15 is 0 Å². The Morgan fingerprint density at radius 1 is 1.40 bits per heavy atom. The van der Waals surface area contributed by atoms with Crippen molar-refractivity contribution >= 4 is 28.9 Å². The SMILES string of the molecule is NC(=S)NC1(Cl)C=CC=CN1CCc1ccccc1F. The fourth-order valence-corrected chi connectivity index (χ4v) is 2.53. The average Bonchev–Trinajstić information content (AvgIpc) is 2.38. The van der Waals surface area contributed by atoms with E-state index in [1.807, 2.05) is 23.2 Å². The van der Waals surface area contributed by atoms with Crippen LogP contribution in [0.1, 0.15) is 5.56 Å². The van der Waals surface area contributed by atoms with Crippen LogP contribution in [0.25, 0.3) is 0 Å². The quantitative estimate of drug-likeness (QED) is 0.509. The lowest BCUT2D eigenvalue weighted by Crippen LogP contribution is -2.56. The molecule has 0 aromatic heterocycles. The van der Waals surface area contributed by atoms with E-state index in [1.165, 1.54) is 6.07 Å². The zero-order valence-corrected chi connectivity index (χ0v) is 12.3. The smallest absolute Gasteiger partial charge is 0.210 e. The highest BCUT2D eigenvalue weighted by Crippen LogP contribution is 2.24. The van der Waals surface area contributed by atoms with Gasteiger partial charge < -0.3 is 16.0 Å². The van der Waals surface area contributed by atoms with Gasteiger partial charge in [-0.1, -0.05) is 35.9 Å². The van der Waals surface area contributed by atoms with Crippen LogP contribution >= 0.6 is 23.8 Å². The molecule has 0 aliphatic carbocycles. The normalized spacial score (nSPS) is 21.0. The van der Waals surface area contributed by atoms with Crippen molar-refractivity contribution in [2.24, 2.45) is 5.73 Å². The second-order valence-electron chi connectivity index (χ2n) is 4.40. The Bertz CT molecular complexity index is 561. The summed E-state index contributed by atoms with van der Waals surface area (Å²) in [5, 5.41) is 1.93. The van der Waals surface area contributed by atoms with Crippen molar-refractivity contribution in [3.8, 4) is 0 Å². The standard InChI is InChI=1S/C14H15ClFN3S/c15-14(18-13(17)20)8-3-4-9-19(14)10-7-11-5-1-2-6-12(11)16/h1-6,8-9H,7,10H2,(H3,17,18,20). The second-order valence-corrected chi connectivity index (χ2v) is 5.41. The first kappa shape index (κ1) is 14.8. The van der Waals surface area contributed by atoms with Gasteiger partial charge in [-0.15, -0.1) is 0 Å². The van der Waals surface area contributed by atoms with E-state index in [4.69, 9.17) is 29.6 Å². The van der Waals surface area contributed by atoms with E-state index in [0.717, 1.165) is 0 Å². The second kappa shape index (κ2) is 6.24. The molecule has 3 nitrogen and oxygen atoms in total. The van der Waals surface area contributed by atoms with Crippen LogP contribution < -0.4 is 11.1 Å². The summed E-state index contributed by atoms with van der Waals surface area (Å²) in [6, 6.07) is 6.69. The molecule has 3 N–H and O–H groups in total. The Kier molecular flexibility index (Phi) is 4.62. The van der Waals surface area contributed by atoms with E-state index in [0.29, 0.717) is 18.5 Å². The molecule has 1 heterocycles. The third-order valence-corrected chi connectivity index (χ3v) is 3.53. The van der Waals surface area contributed by atoms with Gasteiger partial charge in [0.15, 0.2) is 5.11 Å². The largest absolute Gasteiger partial charge is 0.376 e.